The van der Waals surface area contributed by atoms with Crippen molar-refractivity contribution < 1.29 is 4.74 Å². The number of nitrogens with one attached hydrogen (secondary N) is 1. The summed E-state index contributed by atoms with van der Waals surface area (Å²) in [6.07, 6.45) is 9.46. The highest BCUT2D eigenvalue weighted by molar-refractivity contribution is 4.80. The highest BCUT2D eigenvalue weighted by Crippen LogP contribution is 2.29. The topological polar surface area (TPSA) is 21.3 Å². The van der Waals surface area contributed by atoms with E-state index < -0.39 is 0 Å². The summed E-state index contributed by atoms with van der Waals surface area (Å²) in [5, 5.41) is 3.68. The number of hydrogen-bond acceptors (Lipinski definition) is 2. The zero-order valence-electron chi connectivity index (χ0n) is 12.7. The Morgan fingerprint density at radius 3 is 2.44 bits per heavy atom. The molecular formula is C16H33NO. The van der Waals surface area contributed by atoms with E-state index in [-0.39, 0.29) is 0 Å². The van der Waals surface area contributed by atoms with E-state index in [2.05, 4.69) is 26.1 Å². The van der Waals surface area contributed by atoms with Crippen molar-refractivity contribution in [1.82, 2.24) is 5.32 Å². The van der Waals surface area contributed by atoms with Crippen molar-refractivity contribution in [3.8, 4) is 0 Å². The first-order valence-corrected chi connectivity index (χ1v) is 8.05. The molecule has 1 aliphatic rings. The van der Waals surface area contributed by atoms with Gasteiger partial charge in [-0.25, -0.2) is 0 Å². The molecule has 1 atom stereocenters. The van der Waals surface area contributed by atoms with Crippen LogP contribution in [-0.4, -0.2) is 25.8 Å². The molecule has 0 aromatic heterocycles. The van der Waals surface area contributed by atoms with Crippen LogP contribution in [0, 0.1) is 11.8 Å². The Morgan fingerprint density at radius 2 is 1.83 bits per heavy atom. The Hall–Kier alpha value is -0.0800. The molecule has 2 heteroatoms. The van der Waals surface area contributed by atoms with E-state index in [0.717, 1.165) is 37.6 Å². The minimum atomic E-state index is 0.742. The minimum absolute atomic E-state index is 0.742. The van der Waals surface area contributed by atoms with Gasteiger partial charge in [0.25, 0.3) is 0 Å². The van der Waals surface area contributed by atoms with Crippen molar-refractivity contribution in [2.24, 2.45) is 11.8 Å². The molecule has 0 radical (unpaired) electrons. The molecule has 2 nitrogen and oxygen atoms in total. The predicted molar refractivity (Wildman–Crippen MR) is 78.9 cm³/mol. The molecule has 0 amide bonds. The van der Waals surface area contributed by atoms with Gasteiger partial charge in [0.05, 0.1) is 0 Å². The SMILES string of the molecule is CCNC(CCCOCCC(C)C)C1CCCC1. The summed E-state index contributed by atoms with van der Waals surface area (Å²) in [5.74, 6) is 1.69. The lowest BCUT2D eigenvalue weighted by atomic mass is 9.94. The summed E-state index contributed by atoms with van der Waals surface area (Å²) in [7, 11) is 0. The Bertz CT molecular complexity index is 188. The standard InChI is InChI=1S/C16H33NO/c1-4-17-16(15-8-5-6-9-15)10-7-12-18-13-11-14(2)3/h14-17H,4-13H2,1-3H3. The van der Waals surface area contributed by atoms with Gasteiger partial charge in [-0.05, 0) is 50.5 Å². The van der Waals surface area contributed by atoms with E-state index in [1.54, 1.807) is 0 Å². The Kier molecular flexibility index (Phi) is 8.70. The van der Waals surface area contributed by atoms with Gasteiger partial charge in [0.15, 0.2) is 0 Å². The summed E-state index contributed by atoms with van der Waals surface area (Å²) >= 11 is 0. The van der Waals surface area contributed by atoms with Gasteiger partial charge in [-0.2, -0.15) is 0 Å². The second-order valence-corrected chi connectivity index (χ2v) is 6.15. The van der Waals surface area contributed by atoms with Gasteiger partial charge in [0.1, 0.15) is 0 Å². The third kappa shape index (κ3) is 6.75. The highest BCUT2D eigenvalue weighted by atomic mass is 16.5. The van der Waals surface area contributed by atoms with Crippen LogP contribution >= 0.6 is 0 Å². The van der Waals surface area contributed by atoms with Gasteiger partial charge >= 0.3 is 0 Å². The highest BCUT2D eigenvalue weighted by Gasteiger charge is 2.23. The summed E-state index contributed by atoms with van der Waals surface area (Å²) in [4.78, 5) is 0. The van der Waals surface area contributed by atoms with Gasteiger partial charge < -0.3 is 10.1 Å². The second kappa shape index (κ2) is 9.80. The van der Waals surface area contributed by atoms with Crippen LogP contribution in [-0.2, 0) is 4.74 Å². The first-order chi connectivity index (χ1) is 8.74. The van der Waals surface area contributed by atoms with E-state index in [1.807, 2.05) is 0 Å². The Labute approximate surface area is 114 Å². The number of rotatable bonds is 10. The molecule has 0 heterocycles. The molecule has 1 aliphatic carbocycles. The quantitative estimate of drug-likeness (QED) is 0.596. The molecule has 0 saturated heterocycles. The molecule has 1 rings (SSSR count). The average molecular weight is 255 g/mol. The van der Waals surface area contributed by atoms with E-state index in [0.29, 0.717) is 0 Å². The van der Waals surface area contributed by atoms with Crippen LogP contribution < -0.4 is 5.32 Å². The monoisotopic (exact) mass is 255 g/mol. The summed E-state index contributed by atoms with van der Waals surface area (Å²) in [5.41, 5.74) is 0. The fraction of sp³-hybridized carbons (Fsp3) is 1.00. The molecule has 108 valence electrons. The minimum Gasteiger partial charge on any atom is -0.381 e. The van der Waals surface area contributed by atoms with Crippen LogP contribution in [0.1, 0.15) is 65.7 Å². The molecule has 0 bridgehead atoms. The van der Waals surface area contributed by atoms with Gasteiger partial charge in [-0.1, -0.05) is 33.6 Å². The van der Waals surface area contributed by atoms with Crippen molar-refractivity contribution >= 4 is 0 Å². The van der Waals surface area contributed by atoms with Crippen LogP contribution in [0.4, 0.5) is 0 Å². The van der Waals surface area contributed by atoms with E-state index in [4.69, 9.17) is 4.74 Å². The lowest BCUT2D eigenvalue weighted by molar-refractivity contribution is 0.116. The van der Waals surface area contributed by atoms with Crippen molar-refractivity contribution in [3.05, 3.63) is 0 Å². The van der Waals surface area contributed by atoms with Gasteiger partial charge in [0, 0.05) is 19.3 Å². The Morgan fingerprint density at radius 1 is 1.11 bits per heavy atom. The van der Waals surface area contributed by atoms with Crippen LogP contribution in [0.25, 0.3) is 0 Å². The van der Waals surface area contributed by atoms with Crippen LogP contribution in [0.5, 0.6) is 0 Å². The smallest absolute Gasteiger partial charge is 0.0468 e. The van der Waals surface area contributed by atoms with Crippen molar-refractivity contribution in [3.63, 3.8) is 0 Å². The fourth-order valence-electron chi connectivity index (χ4n) is 2.95. The van der Waals surface area contributed by atoms with Gasteiger partial charge in [-0.15, -0.1) is 0 Å². The maximum Gasteiger partial charge on any atom is 0.0468 e. The fourth-order valence-corrected chi connectivity index (χ4v) is 2.95. The first-order valence-electron chi connectivity index (χ1n) is 8.05. The van der Waals surface area contributed by atoms with E-state index >= 15 is 0 Å². The molecular weight excluding hydrogens is 222 g/mol. The van der Waals surface area contributed by atoms with Gasteiger partial charge in [0.2, 0.25) is 0 Å². The first kappa shape index (κ1) is 16.0. The van der Waals surface area contributed by atoms with Crippen molar-refractivity contribution in [1.29, 1.82) is 0 Å². The third-order valence-corrected chi connectivity index (χ3v) is 4.08. The maximum atomic E-state index is 5.71. The summed E-state index contributed by atoms with van der Waals surface area (Å²) in [6.45, 7) is 9.72. The molecule has 1 unspecified atom stereocenters. The number of hydrogen-bond donors (Lipinski definition) is 1. The molecule has 0 aliphatic heterocycles. The molecule has 0 spiro atoms. The molecule has 0 aromatic rings. The predicted octanol–water partition coefficient (Wildman–Crippen LogP) is 4.00. The van der Waals surface area contributed by atoms with Gasteiger partial charge in [-0.3, -0.25) is 0 Å². The number of ether oxygens (including phenoxy) is 1. The lowest BCUT2D eigenvalue weighted by Gasteiger charge is -2.24. The lowest BCUT2D eigenvalue weighted by Crippen LogP contribution is -2.35. The van der Waals surface area contributed by atoms with E-state index in [1.165, 1.54) is 44.9 Å². The third-order valence-electron chi connectivity index (χ3n) is 4.08. The molecule has 0 aromatic carbocycles. The van der Waals surface area contributed by atoms with E-state index in [9.17, 15) is 0 Å². The van der Waals surface area contributed by atoms with Crippen LogP contribution in [0.15, 0.2) is 0 Å². The molecule has 18 heavy (non-hydrogen) atoms. The maximum absolute atomic E-state index is 5.71. The van der Waals surface area contributed by atoms with Crippen molar-refractivity contribution in [2.75, 3.05) is 19.8 Å². The van der Waals surface area contributed by atoms with Crippen molar-refractivity contribution in [2.45, 2.75) is 71.8 Å². The summed E-state index contributed by atoms with van der Waals surface area (Å²) in [6, 6.07) is 0.742. The molecule has 1 N–H and O–H groups in total. The molecule has 1 saturated carbocycles. The largest absolute Gasteiger partial charge is 0.381 e. The zero-order chi connectivity index (χ0) is 13.2. The normalized spacial score (nSPS) is 18.7. The second-order valence-electron chi connectivity index (χ2n) is 6.15. The average Bonchev–Trinajstić information content (AvgIpc) is 2.85. The van der Waals surface area contributed by atoms with Crippen LogP contribution in [0.3, 0.4) is 0 Å². The van der Waals surface area contributed by atoms with Crippen LogP contribution in [0.2, 0.25) is 0 Å². The Balaban J connectivity index is 2.06. The zero-order valence-corrected chi connectivity index (χ0v) is 12.7. The summed E-state index contributed by atoms with van der Waals surface area (Å²) < 4.78 is 5.71. The molecule has 1 fully saturated rings.